The van der Waals surface area contributed by atoms with Crippen molar-refractivity contribution in [3.8, 4) is 0 Å². The predicted octanol–water partition coefficient (Wildman–Crippen LogP) is 3.57. The minimum Gasteiger partial charge on any atom is -0.399 e. The first-order chi connectivity index (χ1) is 9.63. The van der Waals surface area contributed by atoms with Crippen LogP contribution in [0, 0.1) is 13.8 Å². The zero-order chi connectivity index (χ0) is 14.1. The van der Waals surface area contributed by atoms with E-state index in [0.717, 1.165) is 22.4 Å². The van der Waals surface area contributed by atoms with Crippen molar-refractivity contribution in [1.29, 1.82) is 0 Å². The highest BCUT2D eigenvalue weighted by atomic mass is 15.0. The number of rotatable bonds is 2. The summed E-state index contributed by atoms with van der Waals surface area (Å²) in [6.07, 6.45) is 1.56. The molecule has 3 aromatic rings. The van der Waals surface area contributed by atoms with Gasteiger partial charge in [-0.1, -0.05) is 6.07 Å². The Morgan fingerprint density at radius 3 is 2.60 bits per heavy atom. The highest BCUT2D eigenvalue weighted by Crippen LogP contribution is 2.25. The molecule has 4 heteroatoms. The maximum atomic E-state index is 5.85. The molecule has 1 heterocycles. The van der Waals surface area contributed by atoms with Gasteiger partial charge in [0.2, 0.25) is 0 Å². The number of hydrogen-bond acceptors (Lipinski definition) is 4. The summed E-state index contributed by atoms with van der Waals surface area (Å²) < 4.78 is 0. The molecule has 3 rings (SSSR count). The number of hydrogen-bond donors (Lipinski definition) is 2. The van der Waals surface area contributed by atoms with Crippen LogP contribution in [-0.2, 0) is 0 Å². The fourth-order valence-electron chi connectivity index (χ4n) is 2.13. The number of nitrogens with zero attached hydrogens (tertiary/aromatic N) is 2. The summed E-state index contributed by atoms with van der Waals surface area (Å²) >= 11 is 0. The first-order valence-electron chi connectivity index (χ1n) is 6.48. The molecule has 0 amide bonds. The van der Waals surface area contributed by atoms with Gasteiger partial charge in [0.1, 0.15) is 12.1 Å². The summed E-state index contributed by atoms with van der Waals surface area (Å²) in [5.41, 5.74) is 11.0. The molecule has 0 aliphatic carbocycles. The van der Waals surface area contributed by atoms with E-state index in [1.54, 1.807) is 6.33 Å². The van der Waals surface area contributed by atoms with Crippen molar-refractivity contribution < 1.29 is 0 Å². The van der Waals surface area contributed by atoms with Gasteiger partial charge in [0, 0.05) is 16.8 Å². The SMILES string of the molecule is Cc1ccc(Nc2ncnc3ccc(N)cc23)cc1C. The molecule has 0 aliphatic rings. The highest BCUT2D eigenvalue weighted by molar-refractivity contribution is 5.92. The van der Waals surface area contributed by atoms with Gasteiger partial charge in [-0.15, -0.1) is 0 Å². The molecule has 100 valence electrons. The standard InChI is InChI=1S/C16H16N4/c1-10-3-5-13(7-11(10)2)20-16-14-8-12(17)4-6-15(14)18-9-19-16/h3-9H,17H2,1-2H3,(H,18,19,20). The minimum atomic E-state index is 0.704. The zero-order valence-electron chi connectivity index (χ0n) is 11.5. The van der Waals surface area contributed by atoms with Gasteiger partial charge >= 0.3 is 0 Å². The van der Waals surface area contributed by atoms with Gasteiger partial charge in [0.15, 0.2) is 0 Å². The van der Waals surface area contributed by atoms with Crippen LogP contribution in [0.4, 0.5) is 17.2 Å². The Labute approximate surface area is 117 Å². The van der Waals surface area contributed by atoms with Gasteiger partial charge in [-0.25, -0.2) is 9.97 Å². The molecule has 0 bridgehead atoms. The van der Waals surface area contributed by atoms with Gasteiger partial charge in [0.25, 0.3) is 0 Å². The minimum absolute atomic E-state index is 0.704. The highest BCUT2D eigenvalue weighted by Gasteiger charge is 2.05. The average molecular weight is 264 g/mol. The fraction of sp³-hybridized carbons (Fsp3) is 0.125. The molecule has 1 aromatic heterocycles. The number of nitrogens with two attached hydrogens (primary N) is 1. The number of aromatic nitrogens is 2. The van der Waals surface area contributed by atoms with Gasteiger partial charge in [-0.2, -0.15) is 0 Å². The van der Waals surface area contributed by atoms with E-state index in [1.807, 2.05) is 24.3 Å². The van der Waals surface area contributed by atoms with E-state index in [1.165, 1.54) is 11.1 Å². The number of nitrogens with one attached hydrogen (secondary N) is 1. The number of benzene rings is 2. The third kappa shape index (κ3) is 2.28. The third-order valence-electron chi connectivity index (χ3n) is 3.43. The Balaban J connectivity index is 2.05. The van der Waals surface area contributed by atoms with E-state index in [9.17, 15) is 0 Å². The molecule has 0 saturated carbocycles. The van der Waals surface area contributed by atoms with E-state index in [-0.39, 0.29) is 0 Å². The van der Waals surface area contributed by atoms with Crippen molar-refractivity contribution in [2.24, 2.45) is 0 Å². The second kappa shape index (κ2) is 4.81. The summed E-state index contributed by atoms with van der Waals surface area (Å²) in [5, 5.41) is 4.26. The molecular formula is C16H16N4. The number of fused-ring (bicyclic) bond motifs is 1. The normalized spacial score (nSPS) is 10.7. The van der Waals surface area contributed by atoms with Crippen LogP contribution in [0.15, 0.2) is 42.7 Å². The van der Waals surface area contributed by atoms with E-state index >= 15 is 0 Å². The molecule has 0 aliphatic heterocycles. The van der Waals surface area contributed by atoms with Crippen LogP contribution in [0.5, 0.6) is 0 Å². The van der Waals surface area contributed by atoms with E-state index in [2.05, 4.69) is 41.3 Å². The Hall–Kier alpha value is -2.62. The average Bonchev–Trinajstić information content (AvgIpc) is 2.44. The third-order valence-corrected chi connectivity index (χ3v) is 3.43. The molecule has 0 radical (unpaired) electrons. The van der Waals surface area contributed by atoms with Crippen LogP contribution in [0.3, 0.4) is 0 Å². The van der Waals surface area contributed by atoms with Crippen LogP contribution >= 0.6 is 0 Å². The van der Waals surface area contributed by atoms with Crippen LogP contribution in [0.2, 0.25) is 0 Å². The number of anilines is 3. The maximum Gasteiger partial charge on any atom is 0.141 e. The van der Waals surface area contributed by atoms with Crippen molar-refractivity contribution in [2.75, 3.05) is 11.1 Å². The molecular weight excluding hydrogens is 248 g/mol. The molecule has 3 N–H and O–H groups in total. The van der Waals surface area contributed by atoms with Gasteiger partial charge < -0.3 is 11.1 Å². The molecule has 20 heavy (non-hydrogen) atoms. The molecule has 0 fully saturated rings. The smallest absolute Gasteiger partial charge is 0.141 e. The summed E-state index contributed by atoms with van der Waals surface area (Å²) in [4.78, 5) is 8.57. The summed E-state index contributed by atoms with van der Waals surface area (Å²) in [6.45, 7) is 4.19. The first-order valence-corrected chi connectivity index (χ1v) is 6.48. The van der Waals surface area contributed by atoms with Gasteiger partial charge in [-0.3, -0.25) is 0 Å². The predicted molar refractivity (Wildman–Crippen MR) is 83.1 cm³/mol. The lowest BCUT2D eigenvalue weighted by Gasteiger charge is -2.10. The van der Waals surface area contributed by atoms with Crippen LogP contribution in [0.25, 0.3) is 10.9 Å². The Morgan fingerprint density at radius 1 is 0.950 bits per heavy atom. The summed E-state index contributed by atoms with van der Waals surface area (Å²) in [7, 11) is 0. The van der Waals surface area contributed by atoms with Crippen molar-refractivity contribution in [2.45, 2.75) is 13.8 Å². The number of aryl methyl sites for hydroxylation is 2. The van der Waals surface area contributed by atoms with Crippen LogP contribution in [0.1, 0.15) is 11.1 Å². The monoisotopic (exact) mass is 264 g/mol. The van der Waals surface area contributed by atoms with Crippen molar-refractivity contribution in [1.82, 2.24) is 9.97 Å². The molecule has 0 saturated heterocycles. The van der Waals surface area contributed by atoms with E-state index < -0.39 is 0 Å². The molecule has 2 aromatic carbocycles. The quantitative estimate of drug-likeness (QED) is 0.694. The summed E-state index contributed by atoms with van der Waals surface area (Å²) in [5.74, 6) is 0.769. The lowest BCUT2D eigenvalue weighted by Crippen LogP contribution is -1.97. The number of nitrogen functional groups attached to an aromatic ring is 1. The topological polar surface area (TPSA) is 63.8 Å². The zero-order valence-corrected chi connectivity index (χ0v) is 11.5. The Bertz CT molecular complexity index is 781. The largest absolute Gasteiger partial charge is 0.399 e. The van der Waals surface area contributed by atoms with Crippen LogP contribution in [-0.4, -0.2) is 9.97 Å². The first kappa shape index (κ1) is 12.4. The van der Waals surface area contributed by atoms with Crippen molar-refractivity contribution in [3.05, 3.63) is 53.9 Å². The lowest BCUT2D eigenvalue weighted by atomic mass is 10.1. The molecule has 0 unspecified atom stereocenters. The Morgan fingerprint density at radius 2 is 1.80 bits per heavy atom. The second-order valence-corrected chi connectivity index (χ2v) is 4.92. The van der Waals surface area contributed by atoms with Gasteiger partial charge in [0.05, 0.1) is 5.52 Å². The van der Waals surface area contributed by atoms with E-state index in [0.29, 0.717) is 5.69 Å². The van der Waals surface area contributed by atoms with Crippen molar-refractivity contribution >= 4 is 28.1 Å². The summed E-state index contributed by atoms with van der Waals surface area (Å²) in [6, 6.07) is 11.9. The van der Waals surface area contributed by atoms with Crippen LogP contribution < -0.4 is 11.1 Å². The molecule has 4 nitrogen and oxygen atoms in total. The maximum absolute atomic E-state index is 5.85. The lowest BCUT2D eigenvalue weighted by molar-refractivity contribution is 1.22. The van der Waals surface area contributed by atoms with Gasteiger partial charge in [-0.05, 0) is 55.3 Å². The second-order valence-electron chi connectivity index (χ2n) is 4.92. The molecule has 0 atom stereocenters. The molecule has 0 spiro atoms. The van der Waals surface area contributed by atoms with E-state index in [4.69, 9.17) is 5.73 Å². The van der Waals surface area contributed by atoms with Crippen molar-refractivity contribution in [3.63, 3.8) is 0 Å². The fourth-order valence-corrected chi connectivity index (χ4v) is 2.13. The Kier molecular flexibility index (Phi) is 2.99.